The van der Waals surface area contributed by atoms with Gasteiger partial charge in [0.25, 0.3) is 0 Å². The fourth-order valence-electron chi connectivity index (χ4n) is 1.61. The maximum absolute atomic E-state index is 11.3. The van der Waals surface area contributed by atoms with E-state index in [9.17, 15) is 4.79 Å². The average Bonchev–Trinajstić information content (AvgIpc) is 2.95. The van der Waals surface area contributed by atoms with Crippen LogP contribution in [0.1, 0.15) is 10.6 Å². The Labute approximate surface area is 109 Å². The highest BCUT2D eigenvalue weighted by atomic mass is 16.5. The summed E-state index contributed by atoms with van der Waals surface area (Å²) in [5, 5.41) is 3.82. The lowest BCUT2D eigenvalue weighted by atomic mass is 10.1. The Morgan fingerprint density at radius 3 is 2.58 bits per heavy atom. The van der Waals surface area contributed by atoms with Gasteiger partial charge in [0.1, 0.15) is 17.2 Å². The number of carbonyl (C=O) groups is 1. The maximum Gasteiger partial charge on any atom is 0.376 e. The number of esters is 1. The number of nitrogens with zero attached hydrogens (tertiary/aromatic N) is 1. The number of benzene rings is 1. The first-order chi connectivity index (χ1) is 9.19. The highest BCUT2D eigenvalue weighted by Gasteiger charge is 2.17. The van der Waals surface area contributed by atoms with Crippen molar-refractivity contribution in [2.45, 2.75) is 0 Å². The minimum atomic E-state index is -0.578. The van der Waals surface area contributed by atoms with E-state index in [2.05, 4.69) is 9.89 Å². The predicted octanol–water partition coefficient (Wildman–Crippen LogP) is 2.15. The minimum absolute atomic E-state index is 0.0374. The van der Waals surface area contributed by atoms with Crippen LogP contribution in [0.3, 0.4) is 0 Å². The summed E-state index contributed by atoms with van der Waals surface area (Å²) in [5.74, 6) is 0.697. The lowest BCUT2D eigenvalue weighted by Crippen LogP contribution is -1.98. The Balaban J connectivity index is 2.41. The Morgan fingerprint density at radius 2 is 1.95 bits per heavy atom. The van der Waals surface area contributed by atoms with Crippen LogP contribution in [0.5, 0.6) is 11.5 Å². The molecule has 2 aromatic rings. The van der Waals surface area contributed by atoms with Crippen LogP contribution in [0.15, 0.2) is 28.8 Å². The molecule has 0 fully saturated rings. The highest BCUT2D eigenvalue weighted by molar-refractivity contribution is 5.87. The first-order valence-electron chi connectivity index (χ1n) is 5.47. The molecule has 0 saturated carbocycles. The van der Waals surface area contributed by atoms with E-state index in [0.717, 1.165) is 0 Å². The second kappa shape index (κ2) is 5.43. The van der Waals surface area contributed by atoms with Gasteiger partial charge in [0, 0.05) is 17.7 Å². The van der Waals surface area contributed by atoms with Crippen LogP contribution in [0, 0.1) is 0 Å². The van der Waals surface area contributed by atoms with Crippen LogP contribution < -0.4 is 9.47 Å². The van der Waals surface area contributed by atoms with Gasteiger partial charge in [-0.15, -0.1) is 0 Å². The van der Waals surface area contributed by atoms with Gasteiger partial charge < -0.3 is 18.7 Å². The summed E-state index contributed by atoms with van der Waals surface area (Å²) in [6.45, 7) is 0. The number of ether oxygens (including phenoxy) is 3. The summed E-state index contributed by atoms with van der Waals surface area (Å²) in [6, 6.07) is 6.76. The van der Waals surface area contributed by atoms with E-state index < -0.39 is 5.97 Å². The van der Waals surface area contributed by atoms with Crippen LogP contribution in [0.4, 0.5) is 0 Å². The van der Waals surface area contributed by atoms with E-state index in [1.807, 2.05) is 0 Å². The molecular weight excluding hydrogens is 250 g/mol. The third-order valence-electron chi connectivity index (χ3n) is 2.58. The molecule has 6 nitrogen and oxygen atoms in total. The smallest absolute Gasteiger partial charge is 0.376 e. The molecule has 2 rings (SSSR count). The van der Waals surface area contributed by atoms with Gasteiger partial charge in [0.05, 0.1) is 21.3 Å². The summed E-state index contributed by atoms with van der Waals surface area (Å²) < 4.78 is 19.8. The van der Waals surface area contributed by atoms with Gasteiger partial charge in [-0.05, 0) is 12.1 Å². The molecular formula is C13H13NO5. The van der Waals surface area contributed by atoms with E-state index in [4.69, 9.17) is 14.0 Å². The second-order valence-electron chi connectivity index (χ2n) is 3.63. The van der Waals surface area contributed by atoms with Crippen molar-refractivity contribution in [3.05, 3.63) is 30.0 Å². The van der Waals surface area contributed by atoms with E-state index in [0.29, 0.717) is 22.8 Å². The van der Waals surface area contributed by atoms with Crippen molar-refractivity contribution >= 4 is 5.97 Å². The molecule has 0 unspecified atom stereocenters. The van der Waals surface area contributed by atoms with Gasteiger partial charge in [-0.3, -0.25) is 0 Å². The van der Waals surface area contributed by atoms with Crippen molar-refractivity contribution in [2.24, 2.45) is 0 Å². The van der Waals surface area contributed by atoms with Crippen molar-refractivity contribution in [3.63, 3.8) is 0 Å². The van der Waals surface area contributed by atoms with Gasteiger partial charge in [-0.25, -0.2) is 4.79 Å². The Bertz CT molecular complexity index is 590. The quantitative estimate of drug-likeness (QED) is 0.787. The van der Waals surface area contributed by atoms with E-state index in [1.54, 1.807) is 32.4 Å². The lowest BCUT2D eigenvalue weighted by Gasteiger charge is -2.07. The number of aromatic nitrogens is 1. The molecule has 0 atom stereocenters. The predicted molar refractivity (Wildman–Crippen MR) is 66.4 cm³/mol. The van der Waals surface area contributed by atoms with E-state index >= 15 is 0 Å². The van der Waals surface area contributed by atoms with Crippen LogP contribution in [-0.4, -0.2) is 32.5 Å². The summed E-state index contributed by atoms with van der Waals surface area (Å²) >= 11 is 0. The summed E-state index contributed by atoms with van der Waals surface area (Å²) in [4.78, 5) is 11.3. The molecule has 0 bridgehead atoms. The van der Waals surface area contributed by atoms with Crippen LogP contribution in [-0.2, 0) is 4.74 Å². The normalized spacial score (nSPS) is 10.1. The molecule has 1 aromatic carbocycles. The zero-order chi connectivity index (χ0) is 13.8. The van der Waals surface area contributed by atoms with Gasteiger partial charge in [0.15, 0.2) is 0 Å². The average molecular weight is 263 g/mol. The number of hydrogen-bond acceptors (Lipinski definition) is 6. The molecule has 19 heavy (non-hydrogen) atoms. The Hall–Kier alpha value is -2.50. The molecule has 0 spiro atoms. The van der Waals surface area contributed by atoms with Crippen LogP contribution >= 0.6 is 0 Å². The first-order valence-corrected chi connectivity index (χ1v) is 5.47. The molecule has 1 heterocycles. The van der Waals surface area contributed by atoms with E-state index in [-0.39, 0.29) is 5.76 Å². The van der Waals surface area contributed by atoms with Crippen LogP contribution in [0.25, 0.3) is 11.3 Å². The number of hydrogen-bond donors (Lipinski definition) is 0. The highest BCUT2D eigenvalue weighted by Crippen LogP contribution is 2.32. The summed E-state index contributed by atoms with van der Waals surface area (Å²) in [7, 11) is 4.39. The third-order valence-corrected chi connectivity index (χ3v) is 2.58. The maximum atomic E-state index is 11.3. The lowest BCUT2D eigenvalue weighted by molar-refractivity contribution is 0.0554. The molecule has 0 aliphatic heterocycles. The van der Waals surface area contributed by atoms with Gasteiger partial charge in [0.2, 0.25) is 5.76 Å². The number of methoxy groups -OCH3 is 3. The summed E-state index contributed by atoms with van der Waals surface area (Å²) in [5.41, 5.74) is 1.18. The van der Waals surface area contributed by atoms with E-state index in [1.165, 1.54) is 13.2 Å². The van der Waals surface area contributed by atoms with Gasteiger partial charge in [-0.2, -0.15) is 0 Å². The Morgan fingerprint density at radius 1 is 1.16 bits per heavy atom. The van der Waals surface area contributed by atoms with Crippen LogP contribution in [0.2, 0.25) is 0 Å². The van der Waals surface area contributed by atoms with Gasteiger partial charge >= 0.3 is 5.97 Å². The standard InChI is InChI=1S/C13H13NO5/c1-16-8-4-5-9(11(6-8)17-2)10-7-12(19-14-10)13(15)18-3/h4-7H,1-3H3. The second-order valence-corrected chi connectivity index (χ2v) is 3.63. The number of carbonyl (C=O) groups excluding carboxylic acids is 1. The molecule has 0 amide bonds. The zero-order valence-electron chi connectivity index (χ0n) is 10.8. The summed E-state index contributed by atoms with van der Waals surface area (Å²) in [6.07, 6.45) is 0. The molecule has 0 aliphatic carbocycles. The monoisotopic (exact) mass is 263 g/mol. The van der Waals surface area contributed by atoms with Crippen molar-refractivity contribution in [1.29, 1.82) is 0 Å². The molecule has 1 aromatic heterocycles. The van der Waals surface area contributed by atoms with Crippen molar-refractivity contribution in [2.75, 3.05) is 21.3 Å². The van der Waals surface area contributed by atoms with Gasteiger partial charge in [-0.1, -0.05) is 5.16 Å². The SMILES string of the molecule is COC(=O)c1cc(-c2ccc(OC)cc2OC)no1. The third kappa shape index (κ3) is 2.52. The molecule has 6 heteroatoms. The first kappa shape index (κ1) is 12.9. The Kier molecular flexibility index (Phi) is 3.70. The fraction of sp³-hybridized carbons (Fsp3) is 0.231. The molecule has 0 aliphatic rings. The van der Waals surface area contributed by atoms with Crippen molar-refractivity contribution in [3.8, 4) is 22.8 Å². The minimum Gasteiger partial charge on any atom is -0.497 e. The fourth-order valence-corrected chi connectivity index (χ4v) is 1.61. The molecule has 100 valence electrons. The zero-order valence-corrected chi connectivity index (χ0v) is 10.8. The van der Waals surface area contributed by atoms with Crippen molar-refractivity contribution < 1.29 is 23.5 Å². The molecule has 0 radical (unpaired) electrons. The topological polar surface area (TPSA) is 70.8 Å². The number of rotatable bonds is 4. The molecule has 0 N–H and O–H groups in total. The molecule has 0 saturated heterocycles. The van der Waals surface area contributed by atoms with Crippen molar-refractivity contribution in [1.82, 2.24) is 5.16 Å². The largest absolute Gasteiger partial charge is 0.497 e.